The van der Waals surface area contributed by atoms with Gasteiger partial charge in [-0.1, -0.05) is 24.3 Å². The number of hydrogen-bond donors (Lipinski definition) is 1. The van der Waals surface area contributed by atoms with Crippen molar-refractivity contribution in [2.45, 2.75) is 12.0 Å². The number of halogens is 1. The zero-order valence-corrected chi connectivity index (χ0v) is 14.7. The second-order valence-electron chi connectivity index (χ2n) is 6.42. The van der Waals surface area contributed by atoms with Crippen molar-refractivity contribution in [3.8, 4) is 5.75 Å². The van der Waals surface area contributed by atoms with E-state index < -0.39 is 5.60 Å². The number of aliphatic hydroxyl groups is 1. The Morgan fingerprint density at radius 2 is 2.12 bits per heavy atom. The minimum Gasteiger partial charge on any atom is -0.496 e. The van der Waals surface area contributed by atoms with Crippen LogP contribution in [0.15, 0.2) is 48.5 Å². The molecular weight excluding hydrogens is 337 g/mol. The average Bonchev–Trinajstić information content (AvgIpc) is 2.67. The summed E-state index contributed by atoms with van der Waals surface area (Å²) in [6.45, 7) is 0.675. The van der Waals surface area contributed by atoms with Crippen molar-refractivity contribution in [1.82, 2.24) is 4.90 Å². The molecule has 1 N–H and O–H groups in total. The van der Waals surface area contributed by atoms with Gasteiger partial charge in [0.15, 0.2) is 0 Å². The van der Waals surface area contributed by atoms with Crippen LogP contribution in [0.25, 0.3) is 0 Å². The van der Waals surface area contributed by atoms with Gasteiger partial charge in [-0.05, 0) is 29.8 Å². The fourth-order valence-corrected chi connectivity index (χ4v) is 3.29. The molecule has 1 aliphatic rings. The largest absolute Gasteiger partial charge is 0.496 e. The van der Waals surface area contributed by atoms with Crippen molar-refractivity contribution in [2.24, 2.45) is 0 Å². The lowest BCUT2D eigenvalue weighted by molar-refractivity contribution is -0.123. The molecule has 0 bridgehead atoms. The first kappa shape index (κ1) is 18.4. The highest BCUT2D eigenvalue weighted by atomic mass is 19.1. The Balaban J connectivity index is 1.81. The van der Waals surface area contributed by atoms with Crippen molar-refractivity contribution in [2.75, 3.05) is 33.4 Å². The number of aliphatic hydroxyl groups excluding tert-OH is 1. The Morgan fingerprint density at radius 1 is 1.31 bits per heavy atom. The molecule has 0 radical (unpaired) electrons. The predicted octanol–water partition coefficient (Wildman–Crippen LogP) is 2.28. The quantitative estimate of drug-likeness (QED) is 0.890. The van der Waals surface area contributed by atoms with E-state index in [0.29, 0.717) is 36.4 Å². The molecule has 0 aliphatic carbocycles. The molecule has 1 atom stereocenters. The van der Waals surface area contributed by atoms with Gasteiger partial charge in [-0.2, -0.15) is 0 Å². The number of hydrogen-bond acceptors (Lipinski definition) is 4. The van der Waals surface area contributed by atoms with E-state index in [-0.39, 0.29) is 24.9 Å². The van der Waals surface area contributed by atoms with Gasteiger partial charge < -0.3 is 19.5 Å². The van der Waals surface area contributed by atoms with E-state index in [9.17, 15) is 14.3 Å². The normalized spacial score (nSPS) is 20.0. The fraction of sp³-hybridized carbons (Fsp3) is 0.350. The van der Waals surface area contributed by atoms with Crippen LogP contribution in [0.4, 0.5) is 4.39 Å². The van der Waals surface area contributed by atoms with Crippen molar-refractivity contribution in [3.63, 3.8) is 0 Å². The summed E-state index contributed by atoms with van der Waals surface area (Å²) in [5.41, 5.74) is 0.226. The van der Waals surface area contributed by atoms with Crippen molar-refractivity contribution < 1.29 is 23.8 Å². The Bertz CT molecular complexity index is 782. The molecule has 5 nitrogen and oxygen atoms in total. The average molecular weight is 359 g/mol. The SMILES string of the molecule is COc1ccccc1C(=O)N1CCO[C@@](CO)(Cc2cccc(F)c2)C1. The van der Waals surface area contributed by atoms with Gasteiger partial charge >= 0.3 is 0 Å². The lowest BCUT2D eigenvalue weighted by atomic mass is 9.92. The number of morpholine rings is 1. The number of para-hydroxylation sites is 1. The van der Waals surface area contributed by atoms with E-state index >= 15 is 0 Å². The molecule has 0 unspecified atom stereocenters. The van der Waals surface area contributed by atoms with Gasteiger partial charge in [0.2, 0.25) is 0 Å². The Kier molecular flexibility index (Phi) is 5.54. The summed E-state index contributed by atoms with van der Waals surface area (Å²) < 4.78 is 24.6. The van der Waals surface area contributed by atoms with Gasteiger partial charge in [0.05, 0.1) is 32.4 Å². The Morgan fingerprint density at radius 3 is 2.85 bits per heavy atom. The molecule has 1 saturated heterocycles. The molecule has 1 aliphatic heterocycles. The van der Waals surface area contributed by atoms with Gasteiger partial charge in [0, 0.05) is 13.0 Å². The van der Waals surface area contributed by atoms with Gasteiger partial charge in [-0.25, -0.2) is 4.39 Å². The first-order valence-corrected chi connectivity index (χ1v) is 8.48. The smallest absolute Gasteiger partial charge is 0.257 e. The van der Waals surface area contributed by atoms with Crippen LogP contribution in [0.2, 0.25) is 0 Å². The highest BCUT2D eigenvalue weighted by Gasteiger charge is 2.38. The molecule has 1 fully saturated rings. The van der Waals surface area contributed by atoms with Crippen LogP contribution in [-0.2, 0) is 11.2 Å². The summed E-state index contributed by atoms with van der Waals surface area (Å²) in [4.78, 5) is 14.6. The van der Waals surface area contributed by atoms with E-state index in [4.69, 9.17) is 9.47 Å². The molecule has 138 valence electrons. The molecule has 6 heteroatoms. The van der Waals surface area contributed by atoms with Gasteiger partial charge in [-0.15, -0.1) is 0 Å². The van der Waals surface area contributed by atoms with Crippen LogP contribution in [0.3, 0.4) is 0 Å². The standard InChI is InChI=1S/C20H22FNO4/c1-25-18-8-3-2-7-17(18)19(24)22-9-10-26-20(13-22,14-23)12-15-5-4-6-16(21)11-15/h2-8,11,23H,9-10,12-14H2,1H3/t20-/m0/s1. The third kappa shape index (κ3) is 3.86. The van der Waals surface area contributed by atoms with Crippen molar-refractivity contribution in [3.05, 3.63) is 65.5 Å². The molecule has 1 heterocycles. The van der Waals surface area contributed by atoms with Crippen LogP contribution in [0.1, 0.15) is 15.9 Å². The molecule has 1 amide bonds. The number of carbonyl (C=O) groups is 1. The molecule has 0 spiro atoms. The minimum atomic E-state index is -0.955. The summed E-state index contributed by atoms with van der Waals surface area (Å²) in [6, 6.07) is 13.2. The van der Waals surface area contributed by atoms with Gasteiger partial charge in [0.25, 0.3) is 5.91 Å². The monoisotopic (exact) mass is 359 g/mol. The maximum Gasteiger partial charge on any atom is 0.257 e. The van der Waals surface area contributed by atoms with Crippen LogP contribution < -0.4 is 4.74 Å². The minimum absolute atomic E-state index is 0.178. The summed E-state index contributed by atoms with van der Waals surface area (Å²) >= 11 is 0. The van der Waals surface area contributed by atoms with Crippen LogP contribution in [-0.4, -0.2) is 54.9 Å². The van der Waals surface area contributed by atoms with E-state index in [0.717, 1.165) is 0 Å². The fourth-order valence-electron chi connectivity index (χ4n) is 3.29. The third-order valence-electron chi connectivity index (χ3n) is 4.58. The number of carbonyl (C=O) groups excluding carboxylic acids is 1. The number of nitrogens with zero attached hydrogens (tertiary/aromatic N) is 1. The molecule has 3 rings (SSSR count). The number of amides is 1. The van der Waals surface area contributed by atoms with Crippen molar-refractivity contribution in [1.29, 1.82) is 0 Å². The highest BCUT2D eigenvalue weighted by molar-refractivity contribution is 5.97. The lowest BCUT2D eigenvalue weighted by Crippen LogP contribution is -2.56. The zero-order valence-electron chi connectivity index (χ0n) is 14.7. The summed E-state index contributed by atoms with van der Waals surface area (Å²) in [6.07, 6.45) is 0.316. The number of ether oxygens (including phenoxy) is 2. The number of methoxy groups -OCH3 is 1. The predicted molar refractivity (Wildman–Crippen MR) is 94.8 cm³/mol. The number of rotatable bonds is 5. The molecule has 2 aromatic carbocycles. The molecule has 0 saturated carbocycles. The molecule has 0 aromatic heterocycles. The molecule has 2 aromatic rings. The maximum atomic E-state index is 13.5. The maximum absolute atomic E-state index is 13.5. The van der Waals surface area contributed by atoms with E-state index in [1.165, 1.54) is 19.2 Å². The summed E-state index contributed by atoms with van der Waals surface area (Å²) in [7, 11) is 1.52. The summed E-state index contributed by atoms with van der Waals surface area (Å²) in [5, 5.41) is 9.96. The van der Waals surface area contributed by atoms with E-state index in [2.05, 4.69) is 0 Å². The van der Waals surface area contributed by atoms with Gasteiger partial charge in [0.1, 0.15) is 17.2 Å². The van der Waals surface area contributed by atoms with Crippen LogP contribution in [0.5, 0.6) is 5.75 Å². The van der Waals surface area contributed by atoms with Gasteiger partial charge in [-0.3, -0.25) is 4.79 Å². The van der Waals surface area contributed by atoms with Crippen LogP contribution in [0, 0.1) is 5.82 Å². The van der Waals surface area contributed by atoms with Crippen LogP contribution >= 0.6 is 0 Å². The van der Waals surface area contributed by atoms with Crippen molar-refractivity contribution >= 4 is 5.91 Å². The first-order valence-electron chi connectivity index (χ1n) is 8.48. The first-order chi connectivity index (χ1) is 12.6. The zero-order chi connectivity index (χ0) is 18.6. The number of benzene rings is 2. The molecular formula is C20H22FNO4. The van der Waals surface area contributed by atoms with E-state index in [1.807, 2.05) is 0 Å². The third-order valence-corrected chi connectivity index (χ3v) is 4.58. The van der Waals surface area contributed by atoms with E-state index in [1.54, 1.807) is 41.3 Å². The Hall–Kier alpha value is -2.44. The highest BCUT2D eigenvalue weighted by Crippen LogP contribution is 2.26. The molecule has 26 heavy (non-hydrogen) atoms. The summed E-state index contributed by atoms with van der Waals surface area (Å²) in [5.74, 6) is -0.0140. The lowest BCUT2D eigenvalue weighted by Gasteiger charge is -2.42. The second-order valence-corrected chi connectivity index (χ2v) is 6.42. The topological polar surface area (TPSA) is 59.0 Å². The second kappa shape index (κ2) is 7.85. The Labute approximate surface area is 152 Å².